The molecule has 0 amide bonds. The summed E-state index contributed by atoms with van der Waals surface area (Å²) in [7, 11) is -0.145. The zero-order valence-electron chi connectivity index (χ0n) is 17.3. The molecular weight excluding hydrogens is 402 g/mol. The predicted molar refractivity (Wildman–Crippen MR) is 117 cm³/mol. The van der Waals surface area contributed by atoms with Gasteiger partial charge in [0.25, 0.3) is 10.0 Å². The van der Waals surface area contributed by atoms with Crippen molar-refractivity contribution in [2.45, 2.75) is 49.6 Å². The Morgan fingerprint density at radius 2 is 1.87 bits per heavy atom. The Bertz CT molecular complexity index is 1210. The fourth-order valence-corrected chi connectivity index (χ4v) is 5.28. The molecule has 8 heteroatoms. The molecular formula is C22H27N3O4S. The third-order valence-electron chi connectivity index (χ3n) is 5.95. The van der Waals surface area contributed by atoms with E-state index in [0.29, 0.717) is 23.8 Å². The van der Waals surface area contributed by atoms with Gasteiger partial charge >= 0.3 is 5.76 Å². The second kappa shape index (κ2) is 8.28. The Balaban J connectivity index is 1.58. The normalized spacial score (nSPS) is 15.7. The lowest BCUT2D eigenvalue weighted by Gasteiger charge is -2.31. The van der Waals surface area contributed by atoms with Crippen LogP contribution in [0.1, 0.15) is 37.7 Å². The van der Waals surface area contributed by atoms with Gasteiger partial charge in [-0.2, -0.15) is 0 Å². The Kier molecular flexibility index (Phi) is 5.71. The van der Waals surface area contributed by atoms with Gasteiger partial charge in [0.2, 0.25) is 0 Å². The second-order valence-electron chi connectivity index (χ2n) is 8.03. The van der Waals surface area contributed by atoms with Gasteiger partial charge in [-0.05, 0) is 43.7 Å². The monoisotopic (exact) mass is 429 g/mol. The average molecular weight is 430 g/mol. The van der Waals surface area contributed by atoms with Crippen LogP contribution < -0.4 is 10.5 Å². The van der Waals surface area contributed by atoms with Crippen LogP contribution in [0.2, 0.25) is 0 Å². The van der Waals surface area contributed by atoms with Crippen molar-refractivity contribution in [2.75, 3.05) is 11.8 Å². The standard InChI is InChI=1S/C22H27N3O4S/c1-24(17-9-4-3-5-10-17)15-16-8-6-7-11-19(16)23-30(27,28)18-12-13-20-21(14-18)29-22(26)25(20)2/h6-8,11-14,17,23H,3-5,9-10,15H2,1-2H3. The highest BCUT2D eigenvalue weighted by atomic mass is 32.2. The summed E-state index contributed by atoms with van der Waals surface area (Å²) in [6.07, 6.45) is 6.18. The van der Waals surface area contributed by atoms with Crippen molar-refractivity contribution in [2.24, 2.45) is 7.05 Å². The van der Waals surface area contributed by atoms with Crippen LogP contribution in [-0.2, 0) is 23.6 Å². The predicted octanol–water partition coefficient (Wildman–Crippen LogP) is 3.70. The highest BCUT2D eigenvalue weighted by molar-refractivity contribution is 7.92. The van der Waals surface area contributed by atoms with Gasteiger partial charge in [0.1, 0.15) is 0 Å². The topological polar surface area (TPSA) is 84.6 Å². The number of aromatic nitrogens is 1. The quantitative estimate of drug-likeness (QED) is 0.646. The number of benzene rings is 2. The minimum atomic E-state index is -3.83. The van der Waals surface area contributed by atoms with Crippen molar-refractivity contribution < 1.29 is 12.8 Å². The zero-order chi connectivity index (χ0) is 21.3. The Labute approximate surface area is 176 Å². The van der Waals surface area contributed by atoms with E-state index in [1.807, 2.05) is 18.2 Å². The first-order chi connectivity index (χ1) is 14.3. The molecule has 0 bridgehead atoms. The van der Waals surface area contributed by atoms with Crippen molar-refractivity contribution in [3.05, 3.63) is 58.6 Å². The largest absolute Gasteiger partial charge is 0.419 e. The van der Waals surface area contributed by atoms with E-state index in [1.54, 1.807) is 19.2 Å². The number of para-hydroxylation sites is 1. The molecule has 1 heterocycles. The third-order valence-corrected chi connectivity index (χ3v) is 7.32. The number of nitrogens with zero attached hydrogens (tertiary/aromatic N) is 2. The lowest BCUT2D eigenvalue weighted by atomic mass is 9.94. The molecule has 160 valence electrons. The van der Waals surface area contributed by atoms with Crippen molar-refractivity contribution in [3.8, 4) is 0 Å². The summed E-state index contributed by atoms with van der Waals surface area (Å²) in [6.45, 7) is 0.677. The number of hydrogen-bond donors (Lipinski definition) is 1. The summed E-state index contributed by atoms with van der Waals surface area (Å²) in [5.74, 6) is -0.524. The first-order valence-corrected chi connectivity index (χ1v) is 11.7. The zero-order valence-corrected chi connectivity index (χ0v) is 18.1. The summed E-state index contributed by atoms with van der Waals surface area (Å²) >= 11 is 0. The number of fused-ring (bicyclic) bond motifs is 1. The van der Waals surface area contributed by atoms with Crippen LogP contribution in [0, 0.1) is 0 Å². The molecule has 1 aliphatic rings. The van der Waals surface area contributed by atoms with Gasteiger partial charge in [-0.25, -0.2) is 13.2 Å². The van der Waals surface area contributed by atoms with Gasteiger partial charge < -0.3 is 4.42 Å². The molecule has 1 saturated carbocycles. The van der Waals surface area contributed by atoms with E-state index in [4.69, 9.17) is 4.42 Å². The second-order valence-corrected chi connectivity index (χ2v) is 9.71. The van der Waals surface area contributed by atoms with Crippen LogP contribution in [0.3, 0.4) is 0 Å². The summed E-state index contributed by atoms with van der Waals surface area (Å²) in [5.41, 5.74) is 2.29. The maximum atomic E-state index is 13.0. The third kappa shape index (κ3) is 4.15. The number of oxazole rings is 1. The first kappa shape index (κ1) is 20.7. The van der Waals surface area contributed by atoms with Crippen LogP contribution >= 0.6 is 0 Å². The minimum absolute atomic E-state index is 0.0554. The van der Waals surface area contributed by atoms with Crippen LogP contribution in [0.4, 0.5) is 5.69 Å². The van der Waals surface area contributed by atoms with Gasteiger partial charge in [0.05, 0.1) is 16.1 Å². The molecule has 4 rings (SSSR count). The molecule has 0 radical (unpaired) electrons. The molecule has 1 aliphatic carbocycles. The molecule has 2 aromatic carbocycles. The number of hydrogen-bond acceptors (Lipinski definition) is 5. The van der Waals surface area contributed by atoms with Crippen molar-refractivity contribution in [1.82, 2.24) is 9.47 Å². The Hall–Kier alpha value is -2.58. The van der Waals surface area contributed by atoms with Crippen LogP contribution in [0.5, 0.6) is 0 Å². The maximum Gasteiger partial charge on any atom is 0.419 e. The summed E-state index contributed by atoms with van der Waals surface area (Å²) in [6, 6.07) is 12.5. The SMILES string of the molecule is CN(Cc1ccccc1NS(=O)(=O)c1ccc2c(c1)oc(=O)n2C)C1CCCCC1. The minimum Gasteiger partial charge on any atom is -0.408 e. The van der Waals surface area contributed by atoms with Crippen molar-refractivity contribution in [3.63, 3.8) is 0 Å². The van der Waals surface area contributed by atoms with Gasteiger partial charge in [-0.1, -0.05) is 37.5 Å². The van der Waals surface area contributed by atoms with Gasteiger partial charge in [0, 0.05) is 25.7 Å². The van der Waals surface area contributed by atoms with E-state index in [-0.39, 0.29) is 10.5 Å². The number of rotatable bonds is 6. The number of aryl methyl sites for hydroxylation is 1. The van der Waals surface area contributed by atoms with E-state index in [9.17, 15) is 13.2 Å². The molecule has 1 fully saturated rings. The molecule has 0 atom stereocenters. The fourth-order valence-electron chi connectivity index (χ4n) is 4.16. The summed E-state index contributed by atoms with van der Waals surface area (Å²) < 4.78 is 35.2. The van der Waals surface area contributed by atoms with E-state index in [2.05, 4.69) is 16.7 Å². The number of anilines is 1. The maximum absolute atomic E-state index is 13.0. The van der Waals surface area contributed by atoms with Crippen LogP contribution in [0.25, 0.3) is 11.1 Å². The van der Waals surface area contributed by atoms with Gasteiger partial charge in [0.15, 0.2) is 5.58 Å². The molecule has 1 aromatic heterocycles. The molecule has 0 spiro atoms. The Morgan fingerprint density at radius 1 is 1.13 bits per heavy atom. The average Bonchev–Trinajstić information content (AvgIpc) is 3.03. The van der Waals surface area contributed by atoms with E-state index >= 15 is 0 Å². The molecule has 30 heavy (non-hydrogen) atoms. The molecule has 0 aliphatic heterocycles. The molecule has 0 unspecified atom stereocenters. The van der Waals surface area contributed by atoms with Gasteiger partial charge in [-0.3, -0.25) is 14.2 Å². The van der Waals surface area contributed by atoms with Crippen molar-refractivity contribution >= 4 is 26.8 Å². The van der Waals surface area contributed by atoms with E-state index in [0.717, 1.165) is 5.56 Å². The van der Waals surface area contributed by atoms with Crippen LogP contribution in [0.15, 0.2) is 56.6 Å². The number of sulfonamides is 1. The molecule has 1 N–H and O–H groups in total. The van der Waals surface area contributed by atoms with Crippen molar-refractivity contribution in [1.29, 1.82) is 0 Å². The number of nitrogens with one attached hydrogen (secondary N) is 1. The first-order valence-electron chi connectivity index (χ1n) is 10.3. The van der Waals surface area contributed by atoms with Crippen LogP contribution in [-0.4, -0.2) is 31.0 Å². The highest BCUT2D eigenvalue weighted by Gasteiger charge is 2.21. The fraction of sp³-hybridized carbons (Fsp3) is 0.409. The lowest BCUT2D eigenvalue weighted by molar-refractivity contribution is 0.185. The van der Waals surface area contributed by atoms with E-state index < -0.39 is 15.8 Å². The highest BCUT2D eigenvalue weighted by Crippen LogP contribution is 2.27. The molecule has 7 nitrogen and oxygen atoms in total. The molecule has 0 saturated heterocycles. The smallest absolute Gasteiger partial charge is 0.408 e. The Morgan fingerprint density at radius 3 is 2.63 bits per heavy atom. The summed E-state index contributed by atoms with van der Waals surface area (Å²) in [4.78, 5) is 14.1. The lowest BCUT2D eigenvalue weighted by Crippen LogP contribution is -2.33. The summed E-state index contributed by atoms with van der Waals surface area (Å²) in [5, 5.41) is 0. The molecule has 3 aromatic rings. The van der Waals surface area contributed by atoms with E-state index in [1.165, 1.54) is 48.8 Å². The van der Waals surface area contributed by atoms with Gasteiger partial charge in [-0.15, -0.1) is 0 Å².